The standard InChI is InChI=1S/C20H25ClN6O2S/c1-30(29)16-10-24-19(25-18(16)26-20(11-28)3-2-4-20)27-14-5-12(6-15(27)7-14)17-22-8-13(21)9-23-17/h8-10,12,14-15,28H,2-7,11H2,1H3,(H,24,25,26)/t12?,14?,15?,30-/m1/s1. The fraction of sp³-hybridized carbons (Fsp3) is 0.600. The molecule has 10 heteroatoms. The number of hydrogen-bond donors (Lipinski definition) is 2. The van der Waals surface area contributed by atoms with Crippen LogP contribution in [0.25, 0.3) is 0 Å². The van der Waals surface area contributed by atoms with Crippen LogP contribution in [-0.4, -0.2) is 59.7 Å². The average Bonchev–Trinajstić information content (AvgIpc) is 2.71. The molecule has 2 N–H and O–H groups in total. The van der Waals surface area contributed by atoms with Gasteiger partial charge in [-0.25, -0.2) is 15.0 Å². The Morgan fingerprint density at radius 1 is 1.20 bits per heavy atom. The Bertz CT molecular complexity index is 953. The molecule has 4 aliphatic rings. The van der Waals surface area contributed by atoms with E-state index in [2.05, 4.69) is 25.2 Å². The second-order valence-corrected chi connectivity index (χ2v) is 10.4. The van der Waals surface area contributed by atoms with Gasteiger partial charge >= 0.3 is 0 Å². The molecule has 0 amide bonds. The van der Waals surface area contributed by atoms with E-state index in [1.54, 1.807) is 24.8 Å². The maximum absolute atomic E-state index is 12.2. The first-order valence-electron chi connectivity index (χ1n) is 10.3. The van der Waals surface area contributed by atoms with Crippen LogP contribution in [0.3, 0.4) is 0 Å². The van der Waals surface area contributed by atoms with Crippen molar-refractivity contribution in [1.29, 1.82) is 0 Å². The molecule has 2 saturated carbocycles. The van der Waals surface area contributed by atoms with Gasteiger partial charge in [0.2, 0.25) is 5.95 Å². The zero-order valence-corrected chi connectivity index (χ0v) is 18.4. The van der Waals surface area contributed by atoms with Crippen LogP contribution >= 0.6 is 11.6 Å². The maximum Gasteiger partial charge on any atom is 0.227 e. The fourth-order valence-corrected chi connectivity index (χ4v) is 5.58. The maximum atomic E-state index is 12.2. The lowest BCUT2D eigenvalue weighted by Crippen LogP contribution is -2.61. The van der Waals surface area contributed by atoms with E-state index in [9.17, 15) is 9.32 Å². The molecule has 0 aromatic carbocycles. The Morgan fingerprint density at radius 2 is 1.90 bits per heavy atom. The Hall–Kier alpha value is -1.84. The smallest absolute Gasteiger partial charge is 0.227 e. The van der Waals surface area contributed by atoms with E-state index in [0.717, 1.165) is 44.3 Å². The number of aliphatic hydroxyl groups excluding tert-OH is 1. The van der Waals surface area contributed by atoms with Crippen molar-refractivity contribution in [2.75, 3.05) is 23.1 Å². The number of fused-ring (bicyclic) bond motifs is 2. The third kappa shape index (κ3) is 3.46. The Labute approximate surface area is 183 Å². The van der Waals surface area contributed by atoms with E-state index in [-0.39, 0.29) is 12.1 Å². The van der Waals surface area contributed by atoms with Crippen molar-refractivity contribution in [3.8, 4) is 0 Å². The third-order valence-electron chi connectivity index (χ3n) is 6.73. The predicted octanol–water partition coefficient (Wildman–Crippen LogP) is 2.51. The number of rotatable bonds is 6. The molecule has 2 unspecified atom stereocenters. The molecular formula is C20H25ClN6O2S. The van der Waals surface area contributed by atoms with Gasteiger partial charge < -0.3 is 15.3 Å². The number of nitrogens with zero attached hydrogens (tertiary/aromatic N) is 5. The van der Waals surface area contributed by atoms with Gasteiger partial charge in [0, 0.05) is 36.7 Å². The summed E-state index contributed by atoms with van der Waals surface area (Å²) in [6.07, 6.45) is 12.5. The fourth-order valence-electron chi connectivity index (χ4n) is 4.91. The Kier molecular flexibility index (Phi) is 5.15. The summed E-state index contributed by atoms with van der Waals surface area (Å²) in [4.78, 5) is 21.0. The summed E-state index contributed by atoms with van der Waals surface area (Å²) in [5.74, 6) is 2.41. The largest absolute Gasteiger partial charge is 0.394 e. The first-order chi connectivity index (χ1) is 14.5. The molecule has 4 fully saturated rings. The molecule has 4 heterocycles. The summed E-state index contributed by atoms with van der Waals surface area (Å²) in [7, 11) is -1.21. The van der Waals surface area contributed by atoms with Crippen molar-refractivity contribution in [2.24, 2.45) is 0 Å². The molecule has 2 aromatic heterocycles. The summed E-state index contributed by atoms with van der Waals surface area (Å²) in [6, 6.07) is 0.684. The van der Waals surface area contributed by atoms with Crippen LogP contribution in [0.4, 0.5) is 11.8 Å². The van der Waals surface area contributed by atoms with Crippen LogP contribution in [-0.2, 0) is 10.8 Å². The summed E-state index contributed by atoms with van der Waals surface area (Å²) >= 11 is 5.92. The molecule has 3 atom stereocenters. The summed E-state index contributed by atoms with van der Waals surface area (Å²) in [5.41, 5.74) is -0.360. The second-order valence-electron chi connectivity index (χ2n) is 8.63. The molecule has 0 spiro atoms. The Balaban J connectivity index is 1.37. The van der Waals surface area contributed by atoms with Crippen LogP contribution in [0, 0.1) is 0 Å². The number of aliphatic hydroxyl groups is 1. The van der Waals surface area contributed by atoms with E-state index >= 15 is 0 Å². The number of nitrogens with one attached hydrogen (secondary N) is 1. The quantitative estimate of drug-likeness (QED) is 0.694. The van der Waals surface area contributed by atoms with Crippen molar-refractivity contribution in [3.63, 3.8) is 0 Å². The van der Waals surface area contributed by atoms with Gasteiger partial charge in [-0.1, -0.05) is 11.6 Å². The first kappa shape index (κ1) is 20.1. The van der Waals surface area contributed by atoms with Gasteiger partial charge in [-0.05, 0) is 38.5 Å². The number of aromatic nitrogens is 4. The molecule has 160 valence electrons. The SMILES string of the molecule is C[S@@](=O)c1cnc(N2C3CC(c4ncc(Cl)cn4)CC2C3)nc1NC1(CO)CCC1. The van der Waals surface area contributed by atoms with Crippen LogP contribution in [0.2, 0.25) is 5.02 Å². The van der Waals surface area contributed by atoms with E-state index in [0.29, 0.717) is 39.7 Å². The summed E-state index contributed by atoms with van der Waals surface area (Å²) < 4.78 is 12.2. The molecular weight excluding hydrogens is 424 g/mol. The highest BCUT2D eigenvalue weighted by molar-refractivity contribution is 7.84. The minimum Gasteiger partial charge on any atom is -0.394 e. The van der Waals surface area contributed by atoms with Crippen molar-refractivity contribution >= 4 is 34.2 Å². The number of hydrogen-bond acceptors (Lipinski definition) is 8. The number of halogens is 1. The highest BCUT2D eigenvalue weighted by atomic mass is 35.5. The van der Waals surface area contributed by atoms with Crippen molar-refractivity contribution in [1.82, 2.24) is 19.9 Å². The molecule has 2 aliphatic heterocycles. The molecule has 8 nitrogen and oxygen atoms in total. The van der Waals surface area contributed by atoms with Gasteiger partial charge in [-0.15, -0.1) is 0 Å². The lowest BCUT2D eigenvalue weighted by Gasteiger charge is -2.55. The van der Waals surface area contributed by atoms with E-state index in [4.69, 9.17) is 16.6 Å². The normalized spacial score (nSPS) is 27.7. The zero-order valence-electron chi connectivity index (χ0n) is 16.8. The molecule has 30 heavy (non-hydrogen) atoms. The number of anilines is 2. The van der Waals surface area contributed by atoms with E-state index in [1.165, 1.54) is 0 Å². The van der Waals surface area contributed by atoms with Gasteiger partial charge in [0.1, 0.15) is 11.6 Å². The highest BCUT2D eigenvalue weighted by Gasteiger charge is 2.48. The molecule has 2 aromatic rings. The van der Waals surface area contributed by atoms with E-state index in [1.807, 2.05) is 0 Å². The van der Waals surface area contributed by atoms with Crippen LogP contribution in [0.1, 0.15) is 50.3 Å². The zero-order chi connectivity index (χ0) is 20.9. The number of piperidine rings is 1. The second kappa shape index (κ2) is 7.69. The van der Waals surface area contributed by atoms with Crippen molar-refractivity contribution < 1.29 is 9.32 Å². The summed E-state index contributed by atoms with van der Waals surface area (Å²) in [5, 5.41) is 13.8. The van der Waals surface area contributed by atoms with Gasteiger partial charge in [-0.3, -0.25) is 4.21 Å². The molecule has 0 radical (unpaired) electrons. The van der Waals surface area contributed by atoms with E-state index < -0.39 is 10.8 Å². The monoisotopic (exact) mass is 448 g/mol. The van der Waals surface area contributed by atoms with Gasteiger partial charge in [0.25, 0.3) is 0 Å². The predicted molar refractivity (Wildman–Crippen MR) is 115 cm³/mol. The van der Waals surface area contributed by atoms with Gasteiger partial charge in [0.05, 0.1) is 39.1 Å². The van der Waals surface area contributed by atoms with Crippen LogP contribution in [0.15, 0.2) is 23.5 Å². The third-order valence-corrected chi connectivity index (χ3v) is 7.84. The molecule has 2 aliphatic carbocycles. The Morgan fingerprint density at radius 3 is 2.47 bits per heavy atom. The minimum atomic E-state index is -1.21. The lowest BCUT2D eigenvalue weighted by atomic mass is 9.73. The topological polar surface area (TPSA) is 104 Å². The highest BCUT2D eigenvalue weighted by Crippen LogP contribution is 2.46. The van der Waals surface area contributed by atoms with Crippen LogP contribution < -0.4 is 10.2 Å². The first-order valence-corrected chi connectivity index (χ1v) is 12.3. The van der Waals surface area contributed by atoms with Crippen molar-refractivity contribution in [2.45, 2.75) is 67.0 Å². The van der Waals surface area contributed by atoms with Gasteiger partial charge in [-0.2, -0.15) is 4.98 Å². The minimum absolute atomic E-state index is 0.0415. The van der Waals surface area contributed by atoms with Crippen LogP contribution in [0.5, 0.6) is 0 Å². The lowest BCUT2D eigenvalue weighted by molar-refractivity contribution is 0.143. The average molecular weight is 449 g/mol. The molecule has 6 rings (SSSR count). The molecule has 2 bridgehead atoms. The van der Waals surface area contributed by atoms with Gasteiger partial charge in [0.15, 0.2) is 0 Å². The molecule has 2 saturated heterocycles. The van der Waals surface area contributed by atoms with Crippen molar-refractivity contribution in [3.05, 3.63) is 29.4 Å². The summed E-state index contributed by atoms with van der Waals surface area (Å²) in [6.45, 7) is 0.0415.